The summed E-state index contributed by atoms with van der Waals surface area (Å²) in [5, 5.41) is 4.15. The number of hydrogen-bond donors (Lipinski definition) is 1. The second-order valence-corrected chi connectivity index (χ2v) is 8.19. The van der Waals surface area contributed by atoms with Crippen molar-refractivity contribution in [2.75, 3.05) is 12.3 Å². The molecule has 2 unspecified atom stereocenters. The standard InChI is InChI=1S/C16H21NO3S/c1-3-12-13-6-4-5-7-15(13)20-16(12)14-10-21(18,19)11(2)8-9-17-14/h4-7,11,14,17H,3,8-10H2,1-2H3. The fourth-order valence-electron chi connectivity index (χ4n) is 3.03. The molecule has 0 amide bonds. The molecular weight excluding hydrogens is 286 g/mol. The van der Waals surface area contributed by atoms with Crippen LogP contribution in [-0.2, 0) is 16.3 Å². The first kappa shape index (κ1) is 14.6. The maximum Gasteiger partial charge on any atom is 0.154 e. The van der Waals surface area contributed by atoms with E-state index in [4.69, 9.17) is 4.42 Å². The highest BCUT2D eigenvalue weighted by Crippen LogP contribution is 2.32. The molecule has 1 aromatic carbocycles. The molecule has 5 heteroatoms. The average Bonchev–Trinajstić information content (AvgIpc) is 2.77. The third-order valence-electron chi connectivity index (χ3n) is 4.35. The van der Waals surface area contributed by atoms with Gasteiger partial charge in [-0.05, 0) is 32.4 Å². The van der Waals surface area contributed by atoms with Gasteiger partial charge in [0.15, 0.2) is 9.84 Å². The summed E-state index contributed by atoms with van der Waals surface area (Å²) in [5.74, 6) is 0.900. The van der Waals surface area contributed by atoms with E-state index in [1.165, 1.54) is 0 Å². The van der Waals surface area contributed by atoms with E-state index >= 15 is 0 Å². The maximum absolute atomic E-state index is 12.3. The van der Waals surface area contributed by atoms with Gasteiger partial charge in [-0.1, -0.05) is 25.1 Å². The van der Waals surface area contributed by atoms with Crippen LogP contribution in [-0.4, -0.2) is 26.0 Å². The molecule has 114 valence electrons. The molecular formula is C16H21NO3S. The lowest BCUT2D eigenvalue weighted by atomic mass is 10.0. The van der Waals surface area contributed by atoms with Crippen molar-refractivity contribution in [2.45, 2.75) is 38.0 Å². The number of nitrogens with one attached hydrogen (secondary N) is 1. The van der Waals surface area contributed by atoms with Gasteiger partial charge >= 0.3 is 0 Å². The zero-order valence-corrected chi connectivity index (χ0v) is 13.2. The molecule has 21 heavy (non-hydrogen) atoms. The normalized spacial score (nSPS) is 25.8. The monoisotopic (exact) mass is 307 g/mol. The van der Waals surface area contributed by atoms with Crippen LogP contribution in [0.3, 0.4) is 0 Å². The van der Waals surface area contributed by atoms with Crippen molar-refractivity contribution >= 4 is 20.8 Å². The first-order chi connectivity index (χ1) is 10.0. The van der Waals surface area contributed by atoms with Crippen LogP contribution in [0.15, 0.2) is 28.7 Å². The molecule has 0 aliphatic carbocycles. The molecule has 1 N–H and O–H groups in total. The molecule has 2 aromatic rings. The highest BCUT2D eigenvalue weighted by Gasteiger charge is 2.32. The molecule has 0 saturated carbocycles. The second-order valence-electron chi connectivity index (χ2n) is 5.73. The van der Waals surface area contributed by atoms with Crippen molar-refractivity contribution in [3.05, 3.63) is 35.6 Å². The number of furan rings is 1. The Morgan fingerprint density at radius 1 is 1.33 bits per heavy atom. The van der Waals surface area contributed by atoms with E-state index in [-0.39, 0.29) is 17.0 Å². The van der Waals surface area contributed by atoms with E-state index in [0.717, 1.165) is 28.7 Å². The van der Waals surface area contributed by atoms with Crippen molar-refractivity contribution in [3.63, 3.8) is 0 Å². The van der Waals surface area contributed by atoms with Crippen LogP contribution in [0.25, 0.3) is 11.0 Å². The summed E-state index contributed by atoms with van der Waals surface area (Å²) in [6.07, 6.45) is 1.49. The maximum atomic E-state index is 12.3. The lowest BCUT2D eigenvalue weighted by molar-refractivity contribution is 0.451. The number of para-hydroxylation sites is 1. The summed E-state index contributed by atoms with van der Waals surface area (Å²) in [6.45, 7) is 4.57. The fraction of sp³-hybridized carbons (Fsp3) is 0.500. The van der Waals surface area contributed by atoms with E-state index in [2.05, 4.69) is 12.2 Å². The number of fused-ring (bicyclic) bond motifs is 1. The van der Waals surface area contributed by atoms with Crippen LogP contribution in [0.5, 0.6) is 0 Å². The van der Waals surface area contributed by atoms with Gasteiger partial charge in [0.25, 0.3) is 0 Å². The number of benzene rings is 1. The zero-order chi connectivity index (χ0) is 15.0. The van der Waals surface area contributed by atoms with Crippen molar-refractivity contribution in [2.24, 2.45) is 0 Å². The molecule has 1 saturated heterocycles. The molecule has 1 aromatic heterocycles. The van der Waals surface area contributed by atoms with Gasteiger partial charge in [0.05, 0.1) is 17.0 Å². The average molecular weight is 307 g/mol. The Morgan fingerprint density at radius 3 is 2.86 bits per heavy atom. The topological polar surface area (TPSA) is 59.3 Å². The van der Waals surface area contributed by atoms with Gasteiger partial charge in [-0.2, -0.15) is 0 Å². The van der Waals surface area contributed by atoms with Crippen LogP contribution in [0.1, 0.15) is 37.6 Å². The first-order valence-electron chi connectivity index (χ1n) is 7.48. The Labute approximate surface area is 125 Å². The molecule has 2 atom stereocenters. The quantitative estimate of drug-likeness (QED) is 0.927. The highest BCUT2D eigenvalue weighted by molar-refractivity contribution is 7.92. The SMILES string of the molecule is CCc1c(C2CS(=O)(=O)C(C)CCN2)oc2ccccc12. The van der Waals surface area contributed by atoms with E-state index in [1.54, 1.807) is 6.92 Å². The number of sulfone groups is 1. The summed E-state index contributed by atoms with van der Waals surface area (Å²) in [4.78, 5) is 0. The predicted molar refractivity (Wildman–Crippen MR) is 84.2 cm³/mol. The predicted octanol–water partition coefficient (Wildman–Crippen LogP) is 2.83. The highest BCUT2D eigenvalue weighted by atomic mass is 32.2. The summed E-state index contributed by atoms with van der Waals surface area (Å²) < 4.78 is 30.6. The lowest BCUT2D eigenvalue weighted by Gasteiger charge is -2.14. The molecule has 1 aliphatic rings. The van der Waals surface area contributed by atoms with Gasteiger partial charge in [-0.3, -0.25) is 0 Å². The Kier molecular flexibility index (Phi) is 3.80. The fourth-order valence-corrected chi connectivity index (χ4v) is 4.57. The Morgan fingerprint density at radius 2 is 2.10 bits per heavy atom. The van der Waals surface area contributed by atoms with Gasteiger partial charge < -0.3 is 9.73 Å². The number of hydrogen-bond acceptors (Lipinski definition) is 4. The smallest absolute Gasteiger partial charge is 0.154 e. The van der Waals surface area contributed by atoms with Crippen molar-refractivity contribution in [3.8, 4) is 0 Å². The molecule has 0 bridgehead atoms. The van der Waals surface area contributed by atoms with Crippen molar-refractivity contribution in [1.29, 1.82) is 0 Å². The van der Waals surface area contributed by atoms with Crippen LogP contribution >= 0.6 is 0 Å². The van der Waals surface area contributed by atoms with Gasteiger partial charge in [-0.25, -0.2) is 8.42 Å². The number of rotatable bonds is 2. The van der Waals surface area contributed by atoms with Gasteiger partial charge in [0, 0.05) is 10.9 Å². The molecule has 2 heterocycles. The third-order valence-corrected chi connectivity index (χ3v) is 6.61. The van der Waals surface area contributed by atoms with E-state index in [0.29, 0.717) is 13.0 Å². The van der Waals surface area contributed by atoms with Gasteiger partial charge in [0.1, 0.15) is 11.3 Å². The lowest BCUT2D eigenvalue weighted by Crippen LogP contribution is -2.26. The van der Waals surface area contributed by atoms with Crippen LogP contribution < -0.4 is 5.32 Å². The molecule has 1 fully saturated rings. The minimum atomic E-state index is -3.08. The minimum Gasteiger partial charge on any atom is -0.459 e. The van der Waals surface area contributed by atoms with Crippen LogP contribution in [0, 0.1) is 0 Å². The van der Waals surface area contributed by atoms with E-state index in [1.807, 2.05) is 24.3 Å². The largest absolute Gasteiger partial charge is 0.459 e. The summed E-state index contributed by atoms with van der Waals surface area (Å²) in [6, 6.07) is 7.65. The summed E-state index contributed by atoms with van der Waals surface area (Å²) >= 11 is 0. The van der Waals surface area contributed by atoms with E-state index in [9.17, 15) is 8.42 Å². The molecule has 0 radical (unpaired) electrons. The number of aryl methyl sites for hydroxylation is 1. The van der Waals surface area contributed by atoms with Gasteiger partial charge in [-0.15, -0.1) is 0 Å². The van der Waals surface area contributed by atoms with Crippen molar-refractivity contribution in [1.82, 2.24) is 5.32 Å². The van der Waals surface area contributed by atoms with E-state index < -0.39 is 9.84 Å². The Bertz CT molecular complexity index is 748. The molecule has 3 rings (SSSR count). The zero-order valence-electron chi connectivity index (χ0n) is 12.4. The molecule has 1 aliphatic heterocycles. The third kappa shape index (κ3) is 2.60. The first-order valence-corrected chi connectivity index (χ1v) is 9.19. The van der Waals surface area contributed by atoms with Crippen LogP contribution in [0.4, 0.5) is 0 Å². The van der Waals surface area contributed by atoms with Gasteiger partial charge in [0.2, 0.25) is 0 Å². The minimum absolute atomic E-state index is 0.112. The van der Waals surface area contributed by atoms with Crippen molar-refractivity contribution < 1.29 is 12.8 Å². The second kappa shape index (κ2) is 5.46. The molecule has 0 spiro atoms. The Balaban J connectivity index is 2.07. The Hall–Kier alpha value is -1.33. The molecule has 4 nitrogen and oxygen atoms in total. The summed E-state index contributed by atoms with van der Waals surface area (Å²) in [5.41, 5.74) is 1.95. The summed E-state index contributed by atoms with van der Waals surface area (Å²) in [7, 11) is -3.08. The van der Waals surface area contributed by atoms with Crippen LogP contribution in [0.2, 0.25) is 0 Å².